The Hall–Kier alpha value is -2.18. The van der Waals surface area contributed by atoms with Crippen molar-refractivity contribution >= 4 is 5.97 Å². The van der Waals surface area contributed by atoms with Crippen molar-refractivity contribution in [2.45, 2.75) is 18.4 Å². The first-order valence-corrected chi connectivity index (χ1v) is 5.29. The molecule has 1 saturated carbocycles. The van der Waals surface area contributed by atoms with Gasteiger partial charge in [0.2, 0.25) is 0 Å². The maximum Gasteiger partial charge on any atom is 0.338 e. The van der Waals surface area contributed by atoms with Crippen LogP contribution >= 0.6 is 0 Å². The molecule has 2 aromatic heterocycles. The Kier molecular flexibility index (Phi) is 2.01. The van der Waals surface area contributed by atoms with Crippen LogP contribution < -0.4 is 0 Å². The lowest BCUT2D eigenvalue weighted by atomic mass is 10.3. The predicted molar refractivity (Wildman–Crippen MR) is 56.6 cm³/mol. The summed E-state index contributed by atoms with van der Waals surface area (Å²) >= 11 is 0. The van der Waals surface area contributed by atoms with Crippen molar-refractivity contribution in [1.82, 2.24) is 24.8 Å². The normalized spacial score (nSPS) is 22.6. The van der Waals surface area contributed by atoms with Crippen LogP contribution in [0.5, 0.6) is 0 Å². The summed E-state index contributed by atoms with van der Waals surface area (Å²) in [7, 11) is 1.82. The molecule has 0 aliphatic heterocycles. The van der Waals surface area contributed by atoms with Gasteiger partial charge in [0, 0.05) is 25.4 Å². The number of nitrogens with zero attached hydrogens (tertiary/aromatic N) is 5. The molecule has 7 heteroatoms. The highest BCUT2D eigenvalue weighted by Gasteiger charge is 2.42. The molecular weight excluding hydrogens is 222 g/mol. The number of carboxylic acid groups (broad SMARTS) is 1. The minimum Gasteiger partial charge on any atom is -0.478 e. The van der Waals surface area contributed by atoms with Crippen LogP contribution in [-0.2, 0) is 7.05 Å². The average molecular weight is 233 g/mol. The minimum absolute atomic E-state index is 0.208. The van der Waals surface area contributed by atoms with Crippen molar-refractivity contribution in [3.05, 3.63) is 29.8 Å². The van der Waals surface area contributed by atoms with Gasteiger partial charge in [-0.25, -0.2) is 4.79 Å². The van der Waals surface area contributed by atoms with Crippen molar-refractivity contribution in [3.63, 3.8) is 0 Å². The molecule has 0 bridgehead atoms. The van der Waals surface area contributed by atoms with Crippen molar-refractivity contribution in [3.8, 4) is 0 Å². The smallest absolute Gasteiger partial charge is 0.338 e. The van der Waals surface area contributed by atoms with Crippen molar-refractivity contribution in [2.24, 2.45) is 7.05 Å². The minimum atomic E-state index is -0.951. The van der Waals surface area contributed by atoms with E-state index in [-0.39, 0.29) is 11.6 Å². The van der Waals surface area contributed by atoms with Gasteiger partial charge in [0.05, 0.1) is 23.5 Å². The SMILES string of the molecule is Cn1cc([C@@H]2C[C@H]2n2cc(C(=O)O)cn2)nn1. The third kappa shape index (κ3) is 1.69. The quantitative estimate of drug-likeness (QED) is 0.831. The number of hydrogen-bond acceptors (Lipinski definition) is 4. The topological polar surface area (TPSA) is 85.8 Å². The second kappa shape index (κ2) is 3.41. The van der Waals surface area contributed by atoms with Crippen molar-refractivity contribution in [1.29, 1.82) is 0 Å². The van der Waals surface area contributed by atoms with Crippen LogP contribution in [-0.4, -0.2) is 35.9 Å². The maximum absolute atomic E-state index is 10.7. The lowest BCUT2D eigenvalue weighted by Gasteiger charge is -1.96. The zero-order valence-corrected chi connectivity index (χ0v) is 9.19. The van der Waals surface area contributed by atoms with Gasteiger partial charge in [-0.1, -0.05) is 5.21 Å². The third-order valence-corrected chi connectivity index (χ3v) is 2.95. The number of hydrogen-bond donors (Lipinski definition) is 1. The molecule has 2 aromatic rings. The van der Waals surface area contributed by atoms with E-state index in [9.17, 15) is 4.79 Å². The Morgan fingerprint density at radius 1 is 1.53 bits per heavy atom. The highest BCUT2D eigenvalue weighted by molar-refractivity contribution is 5.86. The van der Waals surface area contributed by atoms with E-state index in [1.54, 1.807) is 15.6 Å². The van der Waals surface area contributed by atoms with E-state index in [2.05, 4.69) is 15.4 Å². The molecule has 2 heterocycles. The van der Waals surface area contributed by atoms with Gasteiger partial charge < -0.3 is 5.11 Å². The van der Waals surface area contributed by atoms with Crippen molar-refractivity contribution in [2.75, 3.05) is 0 Å². The fraction of sp³-hybridized carbons (Fsp3) is 0.400. The molecular formula is C10H11N5O2. The zero-order valence-electron chi connectivity index (χ0n) is 9.19. The lowest BCUT2D eigenvalue weighted by Crippen LogP contribution is -1.97. The summed E-state index contributed by atoms with van der Waals surface area (Å²) in [6.07, 6.45) is 5.74. The Balaban J connectivity index is 1.77. The summed E-state index contributed by atoms with van der Waals surface area (Å²) in [4.78, 5) is 10.7. The Morgan fingerprint density at radius 3 is 2.94 bits per heavy atom. The Morgan fingerprint density at radius 2 is 2.35 bits per heavy atom. The molecule has 0 saturated heterocycles. The van der Waals surface area contributed by atoms with Gasteiger partial charge in [0.15, 0.2) is 0 Å². The fourth-order valence-corrected chi connectivity index (χ4v) is 1.96. The Bertz CT molecular complexity index is 573. The van der Waals surface area contributed by atoms with E-state index in [1.165, 1.54) is 6.20 Å². The standard InChI is InChI=1S/C10H11N5O2/c1-14-5-8(12-13-14)7-2-9(7)15-4-6(3-11-15)10(16)17/h3-5,7,9H,2H2,1H3,(H,16,17)/t7-,9+/m0/s1. The van der Waals surface area contributed by atoms with Crippen LogP contribution in [0, 0.1) is 0 Å². The summed E-state index contributed by atoms with van der Waals surface area (Å²) in [5.74, 6) is -0.654. The maximum atomic E-state index is 10.7. The summed E-state index contributed by atoms with van der Waals surface area (Å²) in [6.45, 7) is 0. The molecule has 17 heavy (non-hydrogen) atoms. The number of aromatic carboxylic acids is 1. The van der Waals surface area contributed by atoms with E-state index in [4.69, 9.17) is 5.11 Å². The molecule has 0 unspecified atom stereocenters. The summed E-state index contributed by atoms with van der Waals surface area (Å²) in [6, 6.07) is 0.208. The predicted octanol–water partition coefficient (Wildman–Crippen LogP) is 0.438. The van der Waals surface area contributed by atoms with Crippen LogP contribution in [0.25, 0.3) is 0 Å². The molecule has 0 radical (unpaired) electrons. The van der Waals surface area contributed by atoms with Crippen LogP contribution in [0.4, 0.5) is 0 Å². The van der Waals surface area contributed by atoms with E-state index in [1.807, 2.05) is 13.2 Å². The number of rotatable bonds is 3. The molecule has 0 aromatic carbocycles. The number of aromatic nitrogens is 5. The highest BCUT2D eigenvalue weighted by Crippen LogP contribution is 2.50. The lowest BCUT2D eigenvalue weighted by molar-refractivity contribution is 0.0697. The summed E-state index contributed by atoms with van der Waals surface area (Å²) < 4.78 is 3.36. The van der Waals surface area contributed by atoms with Crippen molar-refractivity contribution < 1.29 is 9.90 Å². The number of aryl methyl sites for hydroxylation is 1. The van der Waals surface area contributed by atoms with E-state index in [0.717, 1.165) is 12.1 Å². The largest absolute Gasteiger partial charge is 0.478 e. The molecule has 1 fully saturated rings. The first-order chi connectivity index (χ1) is 8.15. The summed E-state index contributed by atoms with van der Waals surface area (Å²) in [5.41, 5.74) is 1.15. The Labute approximate surface area is 96.7 Å². The van der Waals surface area contributed by atoms with Gasteiger partial charge in [-0.05, 0) is 6.42 Å². The molecule has 1 N–H and O–H groups in total. The van der Waals surface area contributed by atoms with Crippen LogP contribution in [0.2, 0.25) is 0 Å². The van der Waals surface area contributed by atoms with Crippen LogP contribution in [0.15, 0.2) is 18.6 Å². The average Bonchev–Trinajstić information content (AvgIpc) is 2.75. The molecule has 88 valence electrons. The molecule has 0 spiro atoms. The van der Waals surface area contributed by atoms with Gasteiger partial charge in [-0.15, -0.1) is 5.10 Å². The van der Waals surface area contributed by atoms with Crippen LogP contribution in [0.1, 0.15) is 34.4 Å². The van der Waals surface area contributed by atoms with Gasteiger partial charge in [0.25, 0.3) is 0 Å². The molecule has 7 nitrogen and oxygen atoms in total. The third-order valence-electron chi connectivity index (χ3n) is 2.95. The first kappa shape index (κ1) is 10.0. The zero-order chi connectivity index (χ0) is 12.0. The van der Waals surface area contributed by atoms with Gasteiger partial charge in [-0.2, -0.15) is 5.10 Å². The van der Waals surface area contributed by atoms with E-state index in [0.29, 0.717) is 5.92 Å². The van der Waals surface area contributed by atoms with Gasteiger partial charge in [-0.3, -0.25) is 9.36 Å². The molecule has 1 aliphatic carbocycles. The summed E-state index contributed by atoms with van der Waals surface area (Å²) in [5, 5.41) is 20.8. The van der Waals surface area contributed by atoms with Gasteiger partial charge in [0.1, 0.15) is 0 Å². The molecule has 2 atom stereocenters. The van der Waals surface area contributed by atoms with Gasteiger partial charge >= 0.3 is 5.97 Å². The number of carboxylic acids is 1. The second-order valence-corrected chi connectivity index (χ2v) is 4.24. The van der Waals surface area contributed by atoms with Crippen LogP contribution in [0.3, 0.4) is 0 Å². The molecule has 0 amide bonds. The second-order valence-electron chi connectivity index (χ2n) is 4.24. The highest BCUT2D eigenvalue weighted by atomic mass is 16.4. The van der Waals surface area contributed by atoms with E-state index < -0.39 is 5.97 Å². The first-order valence-electron chi connectivity index (χ1n) is 5.29. The monoisotopic (exact) mass is 233 g/mol. The molecule has 3 rings (SSSR count). The van der Waals surface area contributed by atoms with E-state index >= 15 is 0 Å². The molecule has 1 aliphatic rings. The number of carbonyl (C=O) groups is 1. The fourth-order valence-electron chi connectivity index (χ4n) is 1.96.